The fourth-order valence-corrected chi connectivity index (χ4v) is 3.04. The third kappa shape index (κ3) is 2.79. The Morgan fingerprint density at radius 1 is 1.33 bits per heavy atom. The Labute approximate surface area is 155 Å². The predicted octanol–water partition coefficient (Wildman–Crippen LogP) is 1.36. The Balaban J connectivity index is 2.26. The number of hydrogen-bond donors (Lipinski definition) is 2. The number of likely N-dealkylation sites (N-methyl/N-ethyl adjacent to an activating group) is 1. The molecule has 3 aromatic rings. The zero-order valence-corrected chi connectivity index (χ0v) is 15.9. The van der Waals surface area contributed by atoms with E-state index in [1.807, 2.05) is 19.9 Å². The number of nitrogens with zero attached hydrogens (tertiary/aromatic N) is 5. The van der Waals surface area contributed by atoms with E-state index in [2.05, 4.69) is 20.5 Å². The Hall–Kier alpha value is -3.41. The lowest BCUT2D eigenvalue weighted by molar-refractivity contribution is -0.128. The quantitative estimate of drug-likeness (QED) is 0.721. The fourth-order valence-electron chi connectivity index (χ4n) is 3.04. The lowest BCUT2D eigenvalue weighted by Gasteiger charge is -2.23. The zero-order chi connectivity index (χ0) is 19.9. The van der Waals surface area contributed by atoms with Crippen LogP contribution >= 0.6 is 0 Å². The Morgan fingerprint density at radius 3 is 2.63 bits per heavy atom. The summed E-state index contributed by atoms with van der Waals surface area (Å²) in [7, 11) is 1.57. The first-order valence-corrected chi connectivity index (χ1v) is 8.54. The molecule has 2 N–H and O–H groups in total. The molecule has 0 saturated carbocycles. The highest BCUT2D eigenvalue weighted by Crippen LogP contribution is 2.27. The molecule has 0 aliphatic carbocycles. The summed E-state index contributed by atoms with van der Waals surface area (Å²) in [5, 5.41) is 20.2. The van der Waals surface area contributed by atoms with Gasteiger partial charge in [0.2, 0.25) is 5.91 Å². The molecule has 0 atom stereocenters. The first kappa shape index (κ1) is 18.4. The van der Waals surface area contributed by atoms with Crippen molar-refractivity contribution in [3.63, 3.8) is 0 Å². The minimum atomic E-state index is -0.899. The highest BCUT2D eigenvalue weighted by atomic mass is 16.2. The van der Waals surface area contributed by atoms with Gasteiger partial charge in [0.25, 0.3) is 5.56 Å². The molecule has 9 nitrogen and oxygen atoms in total. The van der Waals surface area contributed by atoms with Crippen molar-refractivity contribution in [2.45, 2.75) is 39.2 Å². The van der Waals surface area contributed by atoms with Gasteiger partial charge in [0.05, 0.1) is 18.1 Å². The van der Waals surface area contributed by atoms with Crippen LogP contribution in [0.3, 0.4) is 0 Å². The van der Waals surface area contributed by atoms with E-state index in [1.165, 1.54) is 10.7 Å². The number of amides is 1. The van der Waals surface area contributed by atoms with Crippen LogP contribution in [0.2, 0.25) is 0 Å². The Bertz CT molecular complexity index is 1120. The molecular formula is C18H21N7O2. The number of hydrogen-bond acceptors (Lipinski definition) is 5. The van der Waals surface area contributed by atoms with Gasteiger partial charge < -0.3 is 10.3 Å². The zero-order valence-electron chi connectivity index (χ0n) is 15.9. The van der Waals surface area contributed by atoms with Crippen LogP contribution in [0.15, 0.2) is 23.4 Å². The molecule has 0 aliphatic rings. The van der Waals surface area contributed by atoms with Crippen LogP contribution in [0, 0.1) is 11.3 Å². The fraction of sp³-hybridized carbons (Fsp3) is 0.389. The molecule has 1 amide bonds. The van der Waals surface area contributed by atoms with Gasteiger partial charge in [-0.2, -0.15) is 20.0 Å². The molecule has 9 heteroatoms. The number of rotatable bonds is 4. The Morgan fingerprint density at radius 2 is 2.04 bits per heavy atom. The second-order valence-electron chi connectivity index (χ2n) is 7.12. The number of nitriles is 1. The van der Waals surface area contributed by atoms with Gasteiger partial charge in [-0.05, 0) is 19.8 Å². The molecule has 3 heterocycles. The molecule has 0 spiro atoms. The number of aromatic nitrogens is 5. The van der Waals surface area contributed by atoms with Gasteiger partial charge in [0.1, 0.15) is 17.2 Å². The first-order valence-electron chi connectivity index (χ1n) is 8.54. The van der Waals surface area contributed by atoms with Gasteiger partial charge in [-0.3, -0.25) is 14.3 Å². The van der Waals surface area contributed by atoms with Crippen molar-refractivity contribution in [2.75, 3.05) is 7.05 Å². The number of aromatic amines is 1. The lowest BCUT2D eigenvalue weighted by atomic mass is 9.99. The van der Waals surface area contributed by atoms with E-state index >= 15 is 0 Å². The molecule has 0 unspecified atom stereocenters. The van der Waals surface area contributed by atoms with E-state index in [0.717, 1.165) is 0 Å². The summed E-state index contributed by atoms with van der Waals surface area (Å²) < 4.78 is 2.76. The van der Waals surface area contributed by atoms with Gasteiger partial charge in [-0.1, -0.05) is 13.8 Å². The number of carbonyl (C=O) groups excluding carboxylic acids is 1. The predicted molar refractivity (Wildman–Crippen MR) is 99.2 cm³/mol. The van der Waals surface area contributed by atoms with Crippen molar-refractivity contribution in [3.05, 3.63) is 40.1 Å². The number of carbonyl (C=O) groups is 1. The largest absolute Gasteiger partial charge is 0.357 e. The maximum absolute atomic E-state index is 12.9. The van der Waals surface area contributed by atoms with E-state index in [0.29, 0.717) is 22.5 Å². The average Bonchev–Trinajstić information content (AvgIpc) is 3.27. The van der Waals surface area contributed by atoms with Gasteiger partial charge >= 0.3 is 0 Å². The number of H-pyrrole nitrogens is 1. The molecule has 0 aliphatic heterocycles. The average molecular weight is 367 g/mol. The molecule has 0 radical (unpaired) electrons. The van der Waals surface area contributed by atoms with Crippen LogP contribution in [0.25, 0.3) is 16.9 Å². The summed E-state index contributed by atoms with van der Waals surface area (Å²) in [5.74, 6) is -0.272. The lowest BCUT2D eigenvalue weighted by Crippen LogP contribution is -2.43. The van der Waals surface area contributed by atoms with Crippen LogP contribution < -0.4 is 10.9 Å². The van der Waals surface area contributed by atoms with Crippen LogP contribution in [0.4, 0.5) is 0 Å². The molecule has 0 fully saturated rings. The maximum atomic E-state index is 12.9. The molecule has 0 aromatic carbocycles. The summed E-state index contributed by atoms with van der Waals surface area (Å²) in [6, 6.07) is 2.03. The molecule has 0 bridgehead atoms. The smallest absolute Gasteiger partial charge is 0.278 e. The minimum absolute atomic E-state index is 0.0850. The summed E-state index contributed by atoms with van der Waals surface area (Å²) in [5.41, 5.74) is 1.19. The van der Waals surface area contributed by atoms with Crippen LogP contribution in [-0.4, -0.2) is 37.3 Å². The van der Waals surface area contributed by atoms with Gasteiger partial charge in [0.15, 0.2) is 5.65 Å². The van der Waals surface area contributed by atoms with Gasteiger partial charge in [-0.25, -0.2) is 0 Å². The van der Waals surface area contributed by atoms with Crippen molar-refractivity contribution in [1.82, 2.24) is 29.7 Å². The highest BCUT2D eigenvalue weighted by molar-refractivity contribution is 5.83. The second-order valence-corrected chi connectivity index (χ2v) is 7.12. The molecule has 3 rings (SSSR count). The summed E-state index contributed by atoms with van der Waals surface area (Å²) >= 11 is 0. The number of fused-ring (bicyclic) bond motifs is 1. The molecular weight excluding hydrogens is 346 g/mol. The van der Waals surface area contributed by atoms with Crippen molar-refractivity contribution in [3.8, 4) is 17.3 Å². The summed E-state index contributed by atoms with van der Waals surface area (Å²) in [4.78, 5) is 28.3. The maximum Gasteiger partial charge on any atom is 0.278 e. The van der Waals surface area contributed by atoms with E-state index in [4.69, 9.17) is 0 Å². The third-order valence-corrected chi connectivity index (χ3v) is 4.63. The monoisotopic (exact) mass is 367 g/mol. The molecule has 0 saturated heterocycles. The number of nitrogens with one attached hydrogen (secondary N) is 2. The first-order chi connectivity index (χ1) is 12.7. The van der Waals surface area contributed by atoms with Crippen molar-refractivity contribution in [1.29, 1.82) is 5.26 Å². The molecule has 3 aromatic heterocycles. The van der Waals surface area contributed by atoms with E-state index < -0.39 is 5.54 Å². The highest BCUT2D eigenvalue weighted by Gasteiger charge is 2.30. The van der Waals surface area contributed by atoms with Gasteiger partial charge in [-0.15, -0.1) is 0 Å². The van der Waals surface area contributed by atoms with Crippen LogP contribution in [-0.2, 0) is 10.3 Å². The Kier molecular flexibility index (Phi) is 4.35. The molecule has 27 heavy (non-hydrogen) atoms. The standard InChI is InChI=1S/C18H21N7O2/c1-10(2)13-14(23-15-11(6-19)7-22-25(15)16(13)26)12-8-21-24(9-12)18(3,4)17(27)20-5/h7-10,23H,1-5H3,(H,20,27). The SMILES string of the molecule is CNC(=O)C(C)(C)n1cc(-c2[nH]c3c(C#N)cnn3c(=O)c2C(C)C)cn1. The van der Waals surface area contributed by atoms with Crippen LogP contribution in [0.1, 0.15) is 44.7 Å². The topological polar surface area (TPSA) is 121 Å². The van der Waals surface area contributed by atoms with Crippen molar-refractivity contribution >= 4 is 11.6 Å². The minimum Gasteiger partial charge on any atom is -0.357 e. The second kappa shape index (κ2) is 6.39. The van der Waals surface area contributed by atoms with Gasteiger partial charge in [0, 0.05) is 24.4 Å². The normalized spacial score (nSPS) is 11.7. The summed E-state index contributed by atoms with van der Waals surface area (Å²) in [6.45, 7) is 7.33. The van der Waals surface area contributed by atoms with E-state index in [-0.39, 0.29) is 22.9 Å². The van der Waals surface area contributed by atoms with Crippen molar-refractivity contribution < 1.29 is 4.79 Å². The van der Waals surface area contributed by atoms with Crippen molar-refractivity contribution in [2.24, 2.45) is 0 Å². The van der Waals surface area contributed by atoms with Crippen LogP contribution in [0.5, 0.6) is 0 Å². The van der Waals surface area contributed by atoms with E-state index in [1.54, 1.807) is 38.0 Å². The summed E-state index contributed by atoms with van der Waals surface area (Å²) in [6.07, 6.45) is 4.67. The third-order valence-electron chi connectivity index (χ3n) is 4.63. The van der Waals surface area contributed by atoms with E-state index in [9.17, 15) is 14.9 Å². The molecule has 140 valence electrons.